The van der Waals surface area contributed by atoms with Gasteiger partial charge in [0, 0.05) is 11.1 Å². The van der Waals surface area contributed by atoms with Crippen LogP contribution in [0, 0.1) is 5.82 Å². The number of hydrogen-bond donors (Lipinski definition) is 1. The highest BCUT2D eigenvalue weighted by Crippen LogP contribution is 2.21. The van der Waals surface area contributed by atoms with E-state index in [9.17, 15) is 4.39 Å². The van der Waals surface area contributed by atoms with Crippen molar-refractivity contribution in [3.8, 4) is 0 Å². The maximum atomic E-state index is 12.7. The summed E-state index contributed by atoms with van der Waals surface area (Å²) in [6.07, 6.45) is 0. The topological polar surface area (TPSA) is 38.9 Å². The second-order valence-electron chi connectivity index (χ2n) is 3.81. The minimum Gasteiger partial charge on any atom is -0.381 e. The Labute approximate surface area is 71.6 Å². The zero-order chi connectivity index (χ0) is 9.35. The number of rotatable bonds is 0. The van der Waals surface area contributed by atoms with Gasteiger partial charge < -0.3 is 5.73 Å². The second-order valence-corrected chi connectivity index (χ2v) is 3.81. The molecular weight excluding hydrogens is 155 g/mol. The van der Waals surface area contributed by atoms with Crippen LogP contribution in [-0.4, -0.2) is 4.98 Å². The van der Waals surface area contributed by atoms with E-state index in [2.05, 4.69) is 4.98 Å². The molecule has 0 spiro atoms. The highest BCUT2D eigenvalue weighted by atomic mass is 19.1. The number of halogens is 1. The van der Waals surface area contributed by atoms with Crippen LogP contribution >= 0.6 is 0 Å². The van der Waals surface area contributed by atoms with Crippen molar-refractivity contribution in [2.24, 2.45) is 0 Å². The standard InChI is InChI=1S/C9H13FN2/c1-9(2,3)7-5-4-6(10)8(11)12-7/h4-5H,1-3H3,(H2,11,12). The lowest BCUT2D eigenvalue weighted by atomic mass is 9.92. The molecular formula is C9H13FN2. The van der Waals surface area contributed by atoms with E-state index in [1.165, 1.54) is 6.07 Å². The normalized spacial score (nSPS) is 11.7. The van der Waals surface area contributed by atoms with Gasteiger partial charge in [0.05, 0.1) is 0 Å². The van der Waals surface area contributed by atoms with Gasteiger partial charge in [-0.15, -0.1) is 0 Å². The molecule has 1 aromatic rings. The summed E-state index contributed by atoms with van der Waals surface area (Å²) in [5, 5.41) is 0. The molecule has 1 heterocycles. The smallest absolute Gasteiger partial charge is 0.165 e. The van der Waals surface area contributed by atoms with Crippen LogP contribution in [0.3, 0.4) is 0 Å². The molecule has 12 heavy (non-hydrogen) atoms. The van der Waals surface area contributed by atoms with E-state index in [0.29, 0.717) is 0 Å². The summed E-state index contributed by atoms with van der Waals surface area (Å²) in [6.45, 7) is 6.02. The Hall–Kier alpha value is -1.12. The first-order chi connectivity index (χ1) is 5.41. The quantitative estimate of drug-likeness (QED) is 0.644. The molecule has 3 heteroatoms. The van der Waals surface area contributed by atoms with Crippen molar-refractivity contribution in [3.63, 3.8) is 0 Å². The minimum atomic E-state index is -0.456. The molecule has 0 saturated heterocycles. The minimum absolute atomic E-state index is 0.0255. The first-order valence-electron chi connectivity index (χ1n) is 3.84. The highest BCUT2D eigenvalue weighted by molar-refractivity contribution is 5.33. The molecule has 0 bridgehead atoms. The lowest BCUT2D eigenvalue weighted by Crippen LogP contribution is -2.14. The molecule has 0 amide bonds. The van der Waals surface area contributed by atoms with Gasteiger partial charge in [0.25, 0.3) is 0 Å². The Morgan fingerprint density at radius 2 is 1.92 bits per heavy atom. The van der Waals surface area contributed by atoms with Gasteiger partial charge in [0.2, 0.25) is 0 Å². The van der Waals surface area contributed by atoms with E-state index >= 15 is 0 Å². The molecule has 0 fully saturated rings. The van der Waals surface area contributed by atoms with Crippen molar-refractivity contribution in [1.82, 2.24) is 4.98 Å². The first kappa shape index (κ1) is 8.97. The molecule has 0 unspecified atom stereocenters. The summed E-state index contributed by atoms with van der Waals surface area (Å²) in [7, 11) is 0. The van der Waals surface area contributed by atoms with E-state index in [4.69, 9.17) is 5.73 Å². The molecule has 0 aliphatic carbocycles. The van der Waals surface area contributed by atoms with Crippen LogP contribution in [0.5, 0.6) is 0 Å². The van der Waals surface area contributed by atoms with Crippen LogP contribution in [0.15, 0.2) is 12.1 Å². The Kier molecular flexibility index (Phi) is 2.04. The van der Waals surface area contributed by atoms with Crippen LogP contribution < -0.4 is 5.73 Å². The van der Waals surface area contributed by atoms with Crippen LogP contribution in [0.1, 0.15) is 26.5 Å². The number of nitrogens with two attached hydrogens (primary N) is 1. The highest BCUT2D eigenvalue weighted by Gasteiger charge is 2.16. The van der Waals surface area contributed by atoms with E-state index in [-0.39, 0.29) is 11.2 Å². The Morgan fingerprint density at radius 3 is 2.33 bits per heavy atom. The van der Waals surface area contributed by atoms with Crippen LogP contribution in [0.2, 0.25) is 0 Å². The molecule has 0 radical (unpaired) electrons. The van der Waals surface area contributed by atoms with Gasteiger partial charge in [-0.2, -0.15) is 0 Å². The van der Waals surface area contributed by atoms with Crippen molar-refractivity contribution >= 4 is 5.82 Å². The lowest BCUT2D eigenvalue weighted by molar-refractivity contribution is 0.560. The zero-order valence-electron chi connectivity index (χ0n) is 7.56. The number of nitrogen functional groups attached to an aromatic ring is 1. The zero-order valence-corrected chi connectivity index (χ0v) is 7.56. The average molecular weight is 168 g/mol. The molecule has 2 nitrogen and oxygen atoms in total. The van der Waals surface area contributed by atoms with E-state index in [1.807, 2.05) is 20.8 Å². The Morgan fingerprint density at radius 1 is 1.33 bits per heavy atom. The third-order valence-corrected chi connectivity index (χ3v) is 1.64. The van der Waals surface area contributed by atoms with Crippen molar-refractivity contribution in [3.05, 3.63) is 23.6 Å². The van der Waals surface area contributed by atoms with Gasteiger partial charge in [0.1, 0.15) is 0 Å². The Bertz CT molecular complexity index is 289. The van der Waals surface area contributed by atoms with E-state index in [1.54, 1.807) is 6.07 Å². The SMILES string of the molecule is CC(C)(C)c1ccc(F)c(N)n1. The lowest BCUT2D eigenvalue weighted by Gasteiger charge is -2.17. The van der Waals surface area contributed by atoms with Gasteiger partial charge in [-0.25, -0.2) is 9.37 Å². The van der Waals surface area contributed by atoms with Gasteiger partial charge in [-0.1, -0.05) is 20.8 Å². The predicted molar refractivity (Wildman–Crippen MR) is 47.3 cm³/mol. The second kappa shape index (κ2) is 2.73. The number of nitrogens with zero attached hydrogens (tertiary/aromatic N) is 1. The van der Waals surface area contributed by atoms with Crippen molar-refractivity contribution in [2.75, 3.05) is 5.73 Å². The van der Waals surface area contributed by atoms with Crippen LogP contribution in [0.25, 0.3) is 0 Å². The summed E-state index contributed by atoms with van der Waals surface area (Å²) in [5.41, 5.74) is 6.06. The largest absolute Gasteiger partial charge is 0.381 e. The fourth-order valence-corrected chi connectivity index (χ4v) is 0.876. The van der Waals surface area contributed by atoms with Gasteiger partial charge in [-0.3, -0.25) is 0 Å². The monoisotopic (exact) mass is 168 g/mol. The van der Waals surface area contributed by atoms with E-state index in [0.717, 1.165) is 5.69 Å². The fraction of sp³-hybridized carbons (Fsp3) is 0.444. The molecule has 0 aliphatic heterocycles. The molecule has 0 aromatic carbocycles. The molecule has 66 valence electrons. The molecule has 1 rings (SSSR count). The Balaban J connectivity index is 3.14. The van der Waals surface area contributed by atoms with Gasteiger partial charge >= 0.3 is 0 Å². The average Bonchev–Trinajstić information content (AvgIpc) is 1.92. The summed E-state index contributed by atoms with van der Waals surface area (Å²) in [5.74, 6) is -0.481. The van der Waals surface area contributed by atoms with E-state index < -0.39 is 5.82 Å². The maximum Gasteiger partial charge on any atom is 0.165 e. The number of hydrogen-bond acceptors (Lipinski definition) is 2. The predicted octanol–water partition coefficient (Wildman–Crippen LogP) is 2.10. The van der Waals surface area contributed by atoms with Crippen LogP contribution in [-0.2, 0) is 5.41 Å². The molecule has 1 aromatic heterocycles. The number of aromatic nitrogens is 1. The summed E-state index contributed by atoms with van der Waals surface area (Å²) in [6, 6.07) is 3.01. The van der Waals surface area contributed by atoms with Gasteiger partial charge in [-0.05, 0) is 12.1 Å². The summed E-state index contributed by atoms with van der Waals surface area (Å²) in [4.78, 5) is 3.95. The van der Waals surface area contributed by atoms with Crippen molar-refractivity contribution in [1.29, 1.82) is 0 Å². The third-order valence-electron chi connectivity index (χ3n) is 1.64. The van der Waals surface area contributed by atoms with Crippen LogP contribution in [0.4, 0.5) is 10.2 Å². The maximum absolute atomic E-state index is 12.7. The third kappa shape index (κ3) is 1.72. The molecule has 0 saturated carbocycles. The van der Waals surface area contributed by atoms with Crippen molar-refractivity contribution < 1.29 is 4.39 Å². The van der Waals surface area contributed by atoms with Crippen molar-refractivity contribution in [2.45, 2.75) is 26.2 Å². The summed E-state index contributed by atoms with van der Waals surface area (Å²) < 4.78 is 12.7. The molecule has 0 atom stereocenters. The first-order valence-corrected chi connectivity index (χ1v) is 3.84. The summed E-state index contributed by atoms with van der Waals surface area (Å²) >= 11 is 0. The fourth-order valence-electron chi connectivity index (χ4n) is 0.876. The number of pyridine rings is 1. The molecule has 0 aliphatic rings. The van der Waals surface area contributed by atoms with Gasteiger partial charge in [0.15, 0.2) is 11.6 Å². The molecule has 2 N–H and O–H groups in total. The number of anilines is 1.